The summed E-state index contributed by atoms with van der Waals surface area (Å²) in [5.74, 6) is -2.65. The number of carboxylic acid groups (broad SMARTS) is 1. The largest absolute Gasteiger partial charge is 0.481 e. The number of hydrogen-bond donors (Lipinski definition) is 3. The maximum atomic E-state index is 13.0. The van der Waals surface area contributed by atoms with Gasteiger partial charge < -0.3 is 29.4 Å². The molecule has 0 amide bonds. The second kappa shape index (κ2) is 12.7. The molecule has 37 heavy (non-hydrogen) atoms. The average Bonchev–Trinajstić information content (AvgIpc) is 3.20. The molecular weight excluding hydrogens is 478 g/mol. The van der Waals surface area contributed by atoms with Gasteiger partial charge in [0.25, 0.3) is 0 Å². The third-order valence-electron chi connectivity index (χ3n) is 5.73. The number of ether oxygens (including phenoxy) is 2. The van der Waals surface area contributed by atoms with E-state index in [0.717, 1.165) is 5.56 Å². The molecule has 2 aromatic carbocycles. The highest BCUT2D eigenvalue weighted by molar-refractivity contribution is 6.09. The first-order valence-electron chi connectivity index (χ1n) is 11.6. The summed E-state index contributed by atoms with van der Waals surface area (Å²) >= 11 is 0. The number of hydrogen-bond acceptors (Lipinski definition) is 7. The first kappa shape index (κ1) is 27.4. The van der Waals surface area contributed by atoms with Crippen LogP contribution >= 0.6 is 0 Å². The van der Waals surface area contributed by atoms with E-state index >= 15 is 0 Å². The number of carbonyl (C=O) groups excluding carboxylic acids is 2. The van der Waals surface area contributed by atoms with E-state index in [1.807, 2.05) is 36.4 Å². The van der Waals surface area contributed by atoms with Gasteiger partial charge in [0.15, 0.2) is 0 Å². The summed E-state index contributed by atoms with van der Waals surface area (Å²) in [6.45, 7) is 0. The van der Waals surface area contributed by atoms with Crippen molar-refractivity contribution in [3.63, 3.8) is 0 Å². The van der Waals surface area contributed by atoms with Crippen molar-refractivity contribution in [3.8, 4) is 11.3 Å². The van der Waals surface area contributed by atoms with Gasteiger partial charge in [-0.1, -0.05) is 60.7 Å². The quantitative estimate of drug-likeness (QED) is 0.336. The molecule has 0 bridgehead atoms. The first-order valence-corrected chi connectivity index (χ1v) is 11.6. The summed E-state index contributed by atoms with van der Waals surface area (Å²) in [5, 5.41) is 29.3. The fourth-order valence-corrected chi connectivity index (χ4v) is 4.10. The maximum Gasteiger partial charge on any atom is 0.340 e. The molecule has 0 fully saturated rings. The van der Waals surface area contributed by atoms with Crippen molar-refractivity contribution in [1.29, 1.82) is 0 Å². The summed E-state index contributed by atoms with van der Waals surface area (Å²) in [7, 11) is 2.44. The van der Waals surface area contributed by atoms with E-state index in [-0.39, 0.29) is 24.0 Å². The Kier molecular flexibility index (Phi) is 9.37. The van der Waals surface area contributed by atoms with Gasteiger partial charge in [0.05, 0.1) is 44.1 Å². The van der Waals surface area contributed by atoms with Crippen molar-refractivity contribution >= 4 is 24.1 Å². The first-order chi connectivity index (χ1) is 17.8. The van der Waals surface area contributed by atoms with Gasteiger partial charge in [-0.05, 0) is 17.2 Å². The molecule has 1 heterocycles. The zero-order valence-corrected chi connectivity index (χ0v) is 20.5. The van der Waals surface area contributed by atoms with Gasteiger partial charge in [0.1, 0.15) is 5.56 Å². The van der Waals surface area contributed by atoms with E-state index in [2.05, 4.69) is 0 Å². The molecule has 0 aliphatic carbocycles. The summed E-state index contributed by atoms with van der Waals surface area (Å²) in [6.07, 6.45) is -0.0757. The highest BCUT2D eigenvalue weighted by Gasteiger charge is 2.32. The Morgan fingerprint density at radius 2 is 1.46 bits per heavy atom. The van der Waals surface area contributed by atoms with Crippen LogP contribution in [-0.2, 0) is 20.7 Å². The smallest absolute Gasteiger partial charge is 0.340 e. The van der Waals surface area contributed by atoms with Crippen LogP contribution in [0.4, 0.5) is 0 Å². The Labute approximate surface area is 214 Å². The number of rotatable bonds is 11. The van der Waals surface area contributed by atoms with Crippen LogP contribution in [0.25, 0.3) is 17.5 Å². The van der Waals surface area contributed by atoms with E-state index in [1.165, 1.54) is 26.5 Å². The number of carboxylic acids is 1. The topological polar surface area (TPSA) is 135 Å². The second-order valence-electron chi connectivity index (χ2n) is 8.32. The van der Waals surface area contributed by atoms with E-state index in [4.69, 9.17) is 14.6 Å². The summed E-state index contributed by atoms with van der Waals surface area (Å²) in [6, 6.07) is 18.2. The number of aliphatic carboxylic acids is 1. The van der Waals surface area contributed by atoms with E-state index in [9.17, 15) is 24.6 Å². The number of aliphatic hydroxyl groups is 2. The van der Waals surface area contributed by atoms with Gasteiger partial charge in [-0.2, -0.15) is 0 Å². The zero-order chi connectivity index (χ0) is 26.9. The Morgan fingerprint density at radius 1 is 0.892 bits per heavy atom. The number of nitrogens with zero attached hydrogens (tertiary/aromatic N) is 1. The lowest BCUT2D eigenvalue weighted by atomic mass is 10.0. The van der Waals surface area contributed by atoms with Gasteiger partial charge in [0, 0.05) is 24.7 Å². The van der Waals surface area contributed by atoms with E-state index in [1.54, 1.807) is 28.8 Å². The molecule has 2 atom stereocenters. The Balaban J connectivity index is 2.26. The molecule has 3 aromatic rings. The number of aromatic nitrogens is 1. The lowest BCUT2D eigenvalue weighted by Crippen LogP contribution is -2.19. The predicted octanol–water partition coefficient (Wildman–Crippen LogP) is 3.38. The van der Waals surface area contributed by atoms with E-state index in [0.29, 0.717) is 17.0 Å². The van der Waals surface area contributed by atoms with Gasteiger partial charge in [-0.3, -0.25) is 4.79 Å². The molecule has 0 aliphatic rings. The van der Waals surface area contributed by atoms with Crippen molar-refractivity contribution in [2.45, 2.75) is 31.5 Å². The summed E-state index contributed by atoms with van der Waals surface area (Å²) in [5.41, 5.74) is 2.28. The minimum Gasteiger partial charge on any atom is -0.481 e. The highest BCUT2D eigenvalue weighted by Crippen LogP contribution is 2.35. The monoisotopic (exact) mass is 507 g/mol. The molecule has 9 nitrogen and oxygen atoms in total. The molecule has 194 valence electrons. The Bertz CT molecular complexity index is 1260. The fourth-order valence-electron chi connectivity index (χ4n) is 4.10. The van der Waals surface area contributed by atoms with E-state index < -0.39 is 36.5 Å². The molecule has 0 unspecified atom stereocenters. The van der Waals surface area contributed by atoms with Crippen molar-refractivity contribution in [3.05, 3.63) is 89.1 Å². The molecular formula is C28H29NO8. The zero-order valence-electron chi connectivity index (χ0n) is 20.5. The van der Waals surface area contributed by atoms with Crippen molar-refractivity contribution in [1.82, 2.24) is 4.57 Å². The predicted molar refractivity (Wildman–Crippen MR) is 136 cm³/mol. The van der Waals surface area contributed by atoms with Gasteiger partial charge >= 0.3 is 17.9 Å². The van der Waals surface area contributed by atoms with Crippen molar-refractivity contribution < 1.29 is 39.2 Å². The van der Waals surface area contributed by atoms with Crippen molar-refractivity contribution in [2.24, 2.45) is 0 Å². The number of carbonyl (C=O) groups is 3. The summed E-state index contributed by atoms with van der Waals surface area (Å²) in [4.78, 5) is 37.0. The molecule has 0 aliphatic heterocycles. The number of esters is 2. The van der Waals surface area contributed by atoms with Crippen LogP contribution in [0.3, 0.4) is 0 Å². The van der Waals surface area contributed by atoms with Crippen LogP contribution in [-0.4, -0.2) is 64.2 Å². The van der Waals surface area contributed by atoms with Gasteiger partial charge in [-0.25, -0.2) is 9.59 Å². The van der Waals surface area contributed by atoms with Crippen LogP contribution in [0.5, 0.6) is 0 Å². The van der Waals surface area contributed by atoms with Gasteiger partial charge in [-0.15, -0.1) is 0 Å². The SMILES string of the molecule is COC(=O)c1c(C(=O)OC)c(-c2ccccc2)n(/C=C/[C@@H](O)C[C@@H](O)CC(=O)O)c1Cc1ccccc1. The third-order valence-corrected chi connectivity index (χ3v) is 5.73. The molecule has 3 rings (SSSR count). The van der Waals surface area contributed by atoms with Crippen LogP contribution in [0.2, 0.25) is 0 Å². The fraction of sp³-hybridized carbons (Fsp3) is 0.250. The number of benzene rings is 2. The van der Waals surface area contributed by atoms with Crippen molar-refractivity contribution in [2.75, 3.05) is 14.2 Å². The normalized spacial score (nSPS) is 12.8. The maximum absolute atomic E-state index is 13.0. The van der Waals surface area contributed by atoms with Gasteiger partial charge in [0.2, 0.25) is 0 Å². The molecule has 0 saturated carbocycles. The number of methoxy groups -OCH3 is 2. The summed E-state index contributed by atoms with van der Waals surface area (Å²) < 4.78 is 11.7. The Hall–Kier alpha value is -4.21. The molecule has 9 heteroatoms. The molecule has 0 saturated heterocycles. The van der Waals surface area contributed by atoms with Crippen LogP contribution in [0.15, 0.2) is 66.7 Å². The third kappa shape index (κ3) is 6.72. The number of aliphatic hydroxyl groups excluding tert-OH is 2. The average molecular weight is 508 g/mol. The molecule has 1 aromatic heterocycles. The lowest BCUT2D eigenvalue weighted by molar-refractivity contribution is -0.139. The van der Waals surface area contributed by atoms with Crippen LogP contribution < -0.4 is 0 Å². The molecule has 0 radical (unpaired) electrons. The molecule has 3 N–H and O–H groups in total. The van der Waals surface area contributed by atoms with Crippen LogP contribution in [0, 0.1) is 0 Å². The Morgan fingerprint density at radius 3 is 2.03 bits per heavy atom. The van der Waals surface area contributed by atoms with Crippen LogP contribution in [0.1, 0.15) is 44.8 Å². The second-order valence-corrected chi connectivity index (χ2v) is 8.32. The standard InChI is InChI=1S/C28H29NO8/c1-36-27(34)24-22(15-18-9-5-3-6-10-18)29(14-13-20(30)16-21(31)17-23(32)33)26(25(24)28(35)37-2)19-11-7-4-8-12-19/h3-14,20-21,30-31H,15-17H2,1-2H3,(H,32,33)/b14-13+/t20-,21-/m1/s1. The minimum atomic E-state index is -1.25. The molecule has 0 spiro atoms. The lowest BCUT2D eigenvalue weighted by Gasteiger charge is -2.13. The minimum absolute atomic E-state index is 0.0107. The highest BCUT2D eigenvalue weighted by atomic mass is 16.5.